The molecule has 0 spiro atoms. The van der Waals surface area contributed by atoms with Crippen molar-refractivity contribution in [3.05, 3.63) is 87.9 Å². The molecule has 226 valence electrons. The number of hydrogen-bond donors (Lipinski definition) is 1. The van der Waals surface area contributed by atoms with Crippen LogP contribution in [-0.2, 0) is 11.2 Å². The van der Waals surface area contributed by atoms with Gasteiger partial charge in [-0.25, -0.2) is 0 Å². The topological polar surface area (TPSA) is 54.0 Å². The Hall–Kier alpha value is -3.06. The van der Waals surface area contributed by atoms with Gasteiger partial charge >= 0.3 is 0 Å². The second kappa shape index (κ2) is 14.9. The number of benzene rings is 3. The number of ether oxygens (including phenoxy) is 2. The second-order valence-corrected chi connectivity index (χ2v) is 11.7. The Kier molecular flexibility index (Phi) is 11.3. The lowest BCUT2D eigenvalue weighted by Gasteiger charge is -2.38. The van der Waals surface area contributed by atoms with Crippen LogP contribution < -0.4 is 19.7 Å². The van der Waals surface area contributed by atoms with Crippen LogP contribution in [0.5, 0.6) is 11.5 Å². The van der Waals surface area contributed by atoms with Crippen molar-refractivity contribution in [1.29, 1.82) is 0 Å². The monoisotopic (exact) mass is 591 g/mol. The number of carbonyl (C=O) groups is 1. The van der Waals surface area contributed by atoms with E-state index in [-0.39, 0.29) is 18.1 Å². The van der Waals surface area contributed by atoms with E-state index in [0.717, 1.165) is 41.9 Å². The van der Waals surface area contributed by atoms with Crippen molar-refractivity contribution in [3.63, 3.8) is 0 Å². The molecule has 0 aromatic heterocycles. The molecule has 3 atom stereocenters. The van der Waals surface area contributed by atoms with Crippen LogP contribution in [0, 0.1) is 0 Å². The highest BCUT2D eigenvalue weighted by Gasteiger charge is 2.36. The van der Waals surface area contributed by atoms with Gasteiger partial charge in [-0.1, -0.05) is 49.2 Å². The number of rotatable bonds is 8. The summed E-state index contributed by atoms with van der Waals surface area (Å²) >= 11 is 6.26. The van der Waals surface area contributed by atoms with Gasteiger partial charge in [-0.15, -0.1) is 0 Å². The summed E-state index contributed by atoms with van der Waals surface area (Å²) in [7, 11) is 5.39. The van der Waals surface area contributed by atoms with Crippen molar-refractivity contribution in [2.75, 3.05) is 39.2 Å². The molecule has 1 amide bonds. The maximum atomic E-state index is 13.8. The molecule has 42 heavy (non-hydrogen) atoms. The molecule has 3 aromatic carbocycles. The summed E-state index contributed by atoms with van der Waals surface area (Å²) in [6, 6.07) is 20.4. The largest absolute Gasteiger partial charge is 0.493 e. The van der Waals surface area contributed by atoms with Gasteiger partial charge in [0.05, 0.1) is 25.7 Å². The summed E-state index contributed by atoms with van der Waals surface area (Å²) in [4.78, 5) is 18.3. The summed E-state index contributed by atoms with van der Waals surface area (Å²) in [6.07, 6.45) is 5.07. The number of nitrogens with zero attached hydrogens (tertiary/aromatic N) is 2. The van der Waals surface area contributed by atoms with Crippen molar-refractivity contribution < 1.29 is 14.3 Å². The number of amides is 1. The highest BCUT2D eigenvalue weighted by molar-refractivity contribution is 6.30. The number of anilines is 1. The average Bonchev–Trinajstić information content (AvgIpc) is 3.01. The molecule has 2 aliphatic rings. The fraction of sp³-hybridized carbons (Fsp3) is 0.457. The quantitative estimate of drug-likeness (QED) is 0.292. The molecule has 0 bridgehead atoms. The molecule has 7 heteroatoms. The van der Waals surface area contributed by atoms with Crippen LogP contribution in [0.1, 0.15) is 80.8 Å². The Morgan fingerprint density at radius 3 is 2.19 bits per heavy atom. The van der Waals surface area contributed by atoms with Gasteiger partial charge in [0.25, 0.3) is 0 Å². The Labute approximate surface area is 257 Å². The fourth-order valence-corrected chi connectivity index (χ4v) is 5.93. The summed E-state index contributed by atoms with van der Waals surface area (Å²) in [6.45, 7) is 8.73. The maximum Gasteiger partial charge on any atom is 0.232 e. The lowest BCUT2D eigenvalue weighted by atomic mass is 9.86. The smallest absolute Gasteiger partial charge is 0.232 e. The van der Waals surface area contributed by atoms with Gasteiger partial charge in [-0.05, 0) is 119 Å². The first-order chi connectivity index (χ1) is 20.3. The maximum absolute atomic E-state index is 13.8. The van der Waals surface area contributed by atoms with Crippen LogP contribution in [0.2, 0.25) is 5.02 Å². The number of methoxy groups -OCH3 is 1. The van der Waals surface area contributed by atoms with Crippen LogP contribution in [0.25, 0.3) is 0 Å². The van der Waals surface area contributed by atoms with E-state index in [1.807, 2.05) is 49.3 Å². The molecule has 1 saturated heterocycles. The molecular weight excluding hydrogens is 546 g/mol. The van der Waals surface area contributed by atoms with Gasteiger partial charge in [0, 0.05) is 16.8 Å². The molecule has 3 aromatic rings. The number of hydrogen-bond acceptors (Lipinski definition) is 5. The van der Waals surface area contributed by atoms with Crippen molar-refractivity contribution >= 4 is 23.2 Å². The summed E-state index contributed by atoms with van der Waals surface area (Å²) in [5.41, 5.74) is 5.17. The first-order valence-corrected chi connectivity index (χ1v) is 15.6. The third kappa shape index (κ3) is 7.28. The van der Waals surface area contributed by atoms with E-state index in [4.69, 9.17) is 21.1 Å². The summed E-state index contributed by atoms with van der Waals surface area (Å²) < 4.78 is 11.9. The number of carbonyl (C=O) groups excluding carboxylic acids is 1. The molecule has 2 heterocycles. The third-order valence-corrected chi connectivity index (χ3v) is 8.52. The first kappa shape index (κ1) is 31.9. The Balaban J connectivity index is 0.00000129. The minimum absolute atomic E-state index is 0.0432. The molecule has 2 aliphatic heterocycles. The number of fused-ring (bicyclic) bond motifs is 1. The van der Waals surface area contributed by atoms with Gasteiger partial charge in [-0.3, -0.25) is 9.69 Å². The van der Waals surface area contributed by atoms with E-state index in [9.17, 15) is 4.79 Å². The Bertz CT molecular complexity index is 1310. The van der Waals surface area contributed by atoms with E-state index in [0.29, 0.717) is 29.0 Å². The third-order valence-electron chi connectivity index (χ3n) is 8.27. The standard InChI is InChI=1S/C33H39ClN2O3.C2H7N/c1-5-22(2)39-31-21-29-26(19-30(31)38-4)20-32(37)36(33(29)25-9-13-27(34)14-10-25)28-15-11-24(12-16-28)23(3)35-17-7-6-8-18-35;1-3-2/h9-16,19,21-23,33H,5-8,17-18,20H2,1-4H3;3H,1-2H3/t22-,23?,33?;/m1./s1. The highest BCUT2D eigenvalue weighted by atomic mass is 35.5. The molecule has 1 fully saturated rings. The molecule has 5 rings (SSSR count). The van der Waals surface area contributed by atoms with Crippen LogP contribution in [0.4, 0.5) is 5.69 Å². The zero-order valence-electron chi connectivity index (χ0n) is 26.0. The van der Waals surface area contributed by atoms with E-state index in [1.54, 1.807) is 7.11 Å². The second-order valence-electron chi connectivity index (χ2n) is 11.3. The van der Waals surface area contributed by atoms with Gasteiger partial charge < -0.3 is 19.7 Å². The van der Waals surface area contributed by atoms with Gasteiger partial charge in [0.2, 0.25) is 5.91 Å². The Morgan fingerprint density at radius 2 is 1.60 bits per heavy atom. The van der Waals surface area contributed by atoms with Crippen LogP contribution >= 0.6 is 11.6 Å². The number of piperidine rings is 1. The first-order valence-electron chi connectivity index (χ1n) is 15.2. The van der Waals surface area contributed by atoms with E-state index in [2.05, 4.69) is 61.3 Å². The fourth-order valence-electron chi connectivity index (χ4n) is 5.80. The minimum atomic E-state index is -0.311. The summed E-state index contributed by atoms with van der Waals surface area (Å²) in [5.74, 6) is 1.41. The molecule has 0 radical (unpaired) electrons. The van der Waals surface area contributed by atoms with Gasteiger partial charge in [0.15, 0.2) is 11.5 Å². The Morgan fingerprint density at radius 1 is 0.952 bits per heavy atom. The number of halogens is 1. The lowest BCUT2D eigenvalue weighted by molar-refractivity contribution is -0.118. The summed E-state index contributed by atoms with van der Waals surface area (Å²) in [5, 5.41) is 3.42. The zero-order valence-corrected chi connectivity index (χ0v) is 26.7. The number of likely N-dealkylation sites (tertiary alicyclic amines) is 1. The SMILES string of the molecule is CC[C@@H](C)Oc1cc2c(cc1OC)CC(=O)N(c1ccc(C(C)N3CCCCC3)cc1)C2c1ccc(Cl)cc1.CNC. The highest BCUT2D eigenvalue weighted by Crippen LogP contribution is 2.44. The van der Waals surface area contributed by atoms with E-state index in [1.165, 1.54) is 24.8 Å². The zero-order chi connectivity index (χ0) is 30.2. The molecule has 2 unspecified atom stereocenters. The van der Waals surface area contributed by atoms with Crippen molar-refractivity contribution in [3.8, 4) is 11.5 Å². The lowest BCUT2D eigenvalue weighted by Crippen LogP contribution is -2.41. The van der Waals surface area contributed by atoms with E-state index >= 15 is 0 Å². The van der Waals surface area contributed by atoms with E-state index < -0.39 is 0 Å². The predicted octanol–water partition coefficient (Wildman–Crippen LogP) is 7.59. The predicted molar refractivity (Wildman–Crippen MR) is 173 cm³/mol. The van der Waals surface area contributed by atoms with Crippen molar-refractivity contribution in [2.45, 2.75) is 71.1 Å². The minimum Gasteiger partial charge on any atom is -0.493 e. The van der Waals surface area contributed by atoms with Crippen LogP contribution in [0.15, 0.2) is 60.7 Å². The van der Waals surface area contributed by atoms with Crippen LogP contribution in [-0.4, -0.2) is 51.2 Å². The van der Waals surface area contributed by atoms with Gasteiger partial charge in [-0.2, -0.15) is 0 Å². The molecule has 6 nitrogen and oxygen atoms in total. The van der Waals surface area contributed by atoms with Crippen molar-refractivity contribution in [1.82, 2.24) is 10.2 Å². The van der Waals surface area contributed by atoms with Gasteiger partial charge in [0.1, 0.15) is 0 Å². The molecule has 1 N–H and O–H groups in total. The molecular formula is C35H46ClN3O3. The normalized spacial score (nSPS) is 18.4. The molecule has 0 aliphatic carbocycles. The molecule has 0 saturated carbocycles. The number of nitrogens with one attached hydrogen (secondary N) is 1. The average molecular weight is 592 g/mol. The van der Waals surface area contributed by atoms with Crippen LogP contribution in [0.3, 0.4) is 0 Å². The van der Waals surface area contributed by atoms with Crippen molar-refractivity contribution in [2.24, 2.45) is 0 Å².